The minimum Gasteiger partial charge on any atom is -0.324 e. The Morgan fingerprint density at radius 2 is 2.00 bits per heavy atom. The number of hydrogen-bond donors (Lipinski definition) is 1. The summed E-state index contributed by atoms with van der Waals surface area (Å²) in [5.41, 5.74) is 5.63. The minimum atomic E-state index is -0.660. The lowest BCUT2D eigenvalue weighted by Gasteiger charge is -2.07. The molecule has 1 aromatic carbocycles. The predicted molar refractivity (Wildman–Crippen MR) is 59.0 cm³/mol. The van der Waals surface area contributed by atoms with Crippen LogP contribution in [0.3, 0.4) is 0 Å². The van der Waals surface area contributed by atoms with Crippen molar-refractivity contribution in [2.45, 2.75) is 13.5 Å². The Hall–Kier alpha value is -1.82. The second-order valence-electron chi connectivity index (χ2n) is 3.76. The van der Waals surface area contributed by atoms with E-state index in [9.17, 15) is 8.78 Å². The third-order valence-electron chi connectivity index (χ3n) is 2.66. The molecule has 0 amide bonds. The Labute approximate surface area is 97.1 Å². The monoisotopic (exact) mass is 238 g/mol. The molecule has 1 aromatic heterocycles. The van der Waals surface area contributed by atoms with E-state index in [1.165, 1.54) is 16.7 Å². The number of hydrogen-bond acceptors (Lipinski definition) is 3. The van der Waals surface area contributed by atoms with E-state index >= 15 is 0 Å². The smallest absolute Gasteiger partial charge is 0.169 e. The fraction of sp³-hybridized carbons (Fsp3) is 0.273. The van der Waals surface area contributed by atoms with Gasteiger partial charge in [-0.3, -0.25) is 0 Å². The highest BCUT2D eigenvalue weighted by molar-refractivity contribution is 5.58. The maximum absolute atomic E-state index is 13.9. The van der Waals surface area contributed by atoms with E-state index in [4.69, 9.17) is 5.73 Å². The summed E-state index contributed by atoms with van der Waals surface area (Å²) in [6.45, 7) is 1.73. The highest BCUT2D eigenvalue weighted by atomic mass is 19.1. The van der Waals surface area contributed by atoms with Gasteiger partial charge in [-0.05, 0) is 18.6 Å². The summed E-state index contributed by atoms with van der Waals surface area (Å²) in [5, 5.41) is 7.55. The Bertz CT molecular complexity index is 563. The van der Waals surface area contributed by atoms with Crippen LogP contribution in [0.1, 0.15) is 11.4 Å². The second kappa shape index (κ2) is 4.21. The van der Waals surface area contributed by atoms with Crippen LogP contribution < -0.4 is 5.73 Å². The summed E-state index contributed by atoms with van der Waals surface area (Å²) in [5.74, 6) is -0.666. The molecular formula is C11H12F2N4. The maximum atomic E-state index is 13.9. The second-order valence-corrected chi connectivity index (χ2v) is 3.76. The van der Waals surface area contributed by atoms with Gasteiger partial charge in [-0.15, -0.1) is 10.2 Å². The van der Waals surface area contributed by atoms with Crippen LogP contribution in [0.4, 0.5) is 8.78 Å². The average molecular weight is 238 g/mol. The SMILES string of the molecule is Cc1ccc(F)c(-c2nnc(CN)n2C)c1F. The number of rotatable bonds is 2. The van der Waals surface area contributed by atoms with Gasteiger partial charge in [0.05, 0.1) is 12.1 Å². The standard InChI is InChI=1S/C11H12F2N4/c1-6-3-4-7(12)9(10(6)13)11-16-15-8(5-14)17(11)2/h3-4H,5,14H2,1-2H3. The van der Waals surface area contributed by atoms with Gasteiger partial charge in [-0.25, -0.2) is 8.78 Å². The quantitative estimate of drug-likeness (QED) is 0.863. The normalized spacial score (nSPS) is 10.9. The largest absolute Gasteiger partial charge is 0.324 e. The molecule has 4 nitrogen and oxygen atoms in total. The van der Waals surface area contributed by atoms with Crippen LogP contribution in [0, 0.1) is 18.6 Å². The number of nitrogens with two attached hydrogens (primary N) is 1. The molecule has 2 N–H and O–H groups in total. The molecule has 2 aromatic rings. The average Bonchev–Trinajstić information content (AvgIpc) is 2.66. The van der Waals surface area contributed by atoms with Crippen molar-refractivity contribution >= 4 is 0 Å². The topological polar surface area (TPSA) is 56.7 Å². The zero-order chi connectivity index (χ0) is 12.6. The van der Waals surface area contributed by atoms with E-state index in [2.05, 4.69) is 10.2 Å². The molecule has 0 radical (unpaired) electrons. The highest BCUT2D eigenvalue weighted by Crippen LogP contribution is 2.26. The Morgan fingerprint density at radius 3 is 2.59 bits per heavy atom. The van der Waals surface area contributed by atoms with Gasteiger partial charge in [-0.1, -0.05) is 6.07 Å². The molecule has 0 unspecified atom stereocenters. The molecule has 0 bridgehead atoms. The molecule has 6 heteroatoms. The van der Waals surface area contributed by atoms with Crippen molar-refractivity contribution in [3.63, 3.8) is 0 Å². The van der Waals surface area contributed by atoms with Gasteiger partial charge in [0.25, 0.3) is 0 Å². The first-order valence-corrected chi connectivity index (χ1v) is 5.09. The van der Waals surface area contributed by atoms with Crippen molar-refractivity contribution in [2.24, 2.45) is 12.8 Å². The third kappa shape index (κ3) is 1.80. The summed E-state index contributed by atoms with van der Waals surface area (Å²) >= 11 is 0. The van der Waals surface area contributed by atoms with Gasteiger partial charge in [0.15, 0.2) is 5.82 Å². The van der Waals surface area contributed by atoms with Crippen molar-refractivity contribution in [2.75, 3.05) is 0 Å². The Morgan fingerprint density at radius 1 is 1.29 bits per heavy atom. The predicted octanol–water partition coefficient (Wildman–Crippen LogP) is 1.53. The molecule has 0 fully saturated rings. The summed E-state index contributed by atoms with van der Waals surface area (Å²) in [7, 11) is 1.62. The van der Waals surface area contributed by atoms with E-state index in [1.807, 2.05) is 0 Å². The van der Waals surface area contributed by atoms with Crippen molar-refractivity contribution in [3.8, 4) is 11.4 Å². The molecule has 0 atom stereocenters. The molecular weight excluding hydrogens is 226 g/mol. The van der Waals surface area contributed by atoms with E-state index in [0.717, 1.165) is 0 Å². The van der Waals surface area contributed by atoms with Crippen LogP contribution in [0.5, 0.6) is 0 Å². The van der Waals surface area contributed by atoms with Crippen LogP contribution in [0.15, 0.2) is 12.1 Å². The molecule has 0 aliphatic heterocycles. The molecule has 0 aliphatic carbocycles. The van der Waals surface area contributed by atoms with Crippen LogP contribution in [0.25, 0.3) is 11.4 Å². The van der Waals surface area contributed by atoms with Crippen LogP contribution in [0.2, 0.25) is 0 Å². The maximum Gasteiger partial charge on any atom is 0.169 e. The summed E-state index contributed by atoms with van der Waals surface area (Å²) in [6.07, 6.45) is 0. The summed E-state index contributed by atoms with van der Waals surface area (Å²) in [6, 6.07) is 2.60. The number of aryl methyl sites for hydroxylation is 1. The Kier molecular flexibility index (Phi) is 2.89. The zero-order valence-electron chi connectivity index (χ0n) is 9.54. The van der Waals surface area contributed by atoms with Crippen molar-refractivity contribution in [1.82, 2.24) is 14.8 Å². The number of nitrogens with zero attached hydrogens (tertiary/aromatic N) is 3. The summed E-state index contributed by atoms with van der Waals surface area (Å²) in [4.78, 5) is 0. The third-order valence-corrected chi connectivity index (χ3v) is 2.66. The summed E-state index contributed by atoms with van der Waals surface area (Å²) < 4.78 is 29.0. The molecule has 1 heterocycles. The van der Waals surface area contributed by atoms with Gasteiger partial charge in [-0.2, -0.15) is 0 Å². The molecule has 2 rings (SSSR count). The van der Waals surface area contributed by atoms with Gasteiger partial charge >= 0.3 is 0 Å². The van der Waals surface area contributed by atoms with Gasteiger partial charge < -0.3 is 10.3 Å². The van der Waals surface area contributed by atoms with Gasteiger partial charge in [0, 0.05) is 7.05 Å². The first-order chi connectivity index (χ1) is 8.06. The molecule has 90 valence electrons. The van der Waals surface area contributed by atoms with E-state index in [-0.39, 0.29) is 17.9 Å². The lowest BCUT2D eigenvalue weighted by molar-refractivity contribution is 0.579. The van der Waals surface area contributed by atoms with E-state index < -0.39 is 11.6 Å². The van der Waals surface area contributed by atoms with Gasteiger partial charge in [0.2, 0.25) is 0 Å². The fourth-order valence-corrected chi connectivity index (χ4v) is 1.62. The number of benzene rings is 1. The lowest BCUT2D eigenvalue weighted by Crippen LogP contribution is -2.06. The fourth-order valence-electron chi connectivity index (χ4n) is 1.62. The number of halogens is 2. The van der Waals surface area contributed by atoms with Gasteiger partial charge in [0.1, 0.15) is 17.5 Å². The lowest BCUT2D eigenvalue weighted by atomic mass is 10.1. The van der Waals surface area contributed by atoms with Crippen LogP contribution >= 0.6 is 0 Å². The molecule has 0 aliphatic rings. The number of aromatic nitrogens is 3. The van der Waals surface area contributed by atoms with E-state index in [1.54, 1.807) is 14.0 Å². The molecule has 0 spiro atoms. The first-order valence-electron chi connectivity index (χ1n) is 5.09. The zero-order valence-corrected chi connectivity index (χ0v) is 9.54. The highest BCUT2D eigenvalue weighted by Gasteiger charge is 2.19. The molecule has 0 saturated carbocycles. The van der Waals surface area contributed by atoms with E-state index in [0.29, 0.717) is 11.4 Å². The molecule has 17 heavy (non-hydrogen) atoms. The molecule has 0 saturated heterocycles. The van der Waals surface area contributed by atoms with Crippen LogP contribution in [-0.2, 0) is 13.6 Å². The van der Waals surface area contributed by atoms with Crippen molar-refractivity contribution in [1.29, 1.82) is 0 Å². The minimum absolute atomic E-state index is 0.143. The van der Waals surface area contributed by atoms with Crippen molar-refractivity contribution < 1.29 is 8.78 Å². The first kappa shape index (κ1) is 11.7. The van der Waals surface area contributed by atoms with Crippen LogP contribution in [-0.4, -0.2) is 14.8 Å². The van der Waals surface area contributed by atoms with Crippen molar-refractivity contribution in [3.05, 3.63) is 35.2 Å². The Balaban J connectivity index is 2.68.